The molecule has 25 heavy (non-hydrogen) atoms. The quantitative estimate of drug-likeness (QED) is 0.904. The fourth-order valence-corrected chi connectivity index (χ4v) is 3.24. The zero-order chi connectivity index (χ0) is 17.8. The fraction of sp³-hybridized carbons (Fsp3) is 0.350. The molecule has 0 saturated heterocycles. The number of likely N-dealkylation sites (N-methyl/N-ethyl adjacent to an activating group) is 1. The lowest BCUT2D eigenvalue weighted by atomic mass is 9.94. The molecular weight excluding hydrogens is 322 g/mol. The van der Waals surface area contributed by atoms with Crippen molar-refractivity contribution in [2.24, 2.45) is 0 Å². The first-order valence-electron chi connectivity index (χ1n) is 8.50. The Morgan fingerprint density at radius 1 is 1.16 bits per heavy atom. The molecule has 0 fully saturated rings. The third-order valence-electron chi connectivity index (χ3n) is 4.73. The van der Waals surface area contributed by atoms with Crippen molar-refractivity contribution in [2.75, 3.05) is 13.6 Å². The Labute approximate surface area is 146 Å². The second kappa shape index (κ2) is 7.74. The standard InChI is InChI=1S/C20H22F2N2O/c1-24-13-15-6-7-18(22)10-16(15)11-19(24)12-23-20(25)8-5-14-3-2-4-17(21)9-14/h2-4,6-7,9-10,19H,5,8,11-13H2,1H3,(H,23,25)/t19-/m1/s1. The minimum absolute atomic E-state index is 0.0531. The molecule has 0 aromatic heterocycles. The summed E-state index contributed by atoms with van der Waals surface area (Å²) >= 11 is 0. The van der Waals surface area contributed by atoms with Gasteiger partial charge in [0.25, 0.3) is 0 Å². The minimum Gasteiger partial charge on any atom is -0.355 e. The molecule has 2 aromatic rings. The average molecular weight is 344 g/mol. The Balaban J connectivity index is 1.50. The van der Waals surface area contributed by atoms with E-state index in [4.69, 9.17) is 0 Å². The van der Waals surface area contributed by atoms with Gasteiger partial charge in [-0.25, -0.2) is 8.78 Å². The van der Waals surface area contributed by atoms with Crippen molar-refractivity contribution in [1.82, 2.24) is 10.2 Å². The van der Waals surface area contributed by atoms with Gasteiger partial charge in [0.05, 0.1) is 0 Å². The number of aryl methyl sites for hydroxylation is 1. The number of nitrogens with one attached hydrogen (secondary N) is 1. The second-order valence-corrected chi connectivity index (χ2v) is 6.62. The Bertz CT molecular complexity index is 763. The van der Waals surface area contributed by atoms with Crippen LogP contribution in [-0.2, 0) is 24.2 Å². The van der Waals surface area contributed by atoms with Gasteiger partial charge in [0, 0.05) is 25.6 Å². The third-order valence-corrected chi connectivity index (χ3v) is 4.73. The number of carbonyl (C=O) groups is 1. The molecule has 1 atom stereocenters. The third kappa shape index (κ3) is 4.63. The molecule has 5 heteroatoms. The summed E-state index contributed by atoms with van der Waals surface area (Å²) < 4.78 is 26.6. The van der Waals surface area contributed by atoms with Gasteiger partial charge in [0.2, 0.25) is 5.91 Å². The highest BCUT2D eigenvalue weighted by Crippen LogP contribution is 2.22. The summed E-state index contributed by atoms with van der Waals surface area (Å²) in [7, 11) is 2.01. The van der Waals surface area contributed by atoms with E-state index in [0.717, 1.165) is 23.2 Å². The number of carbonyl (C=O) groups excluding carboxylic acids is 1. The molecule has 0 unspecified atom stereocenters. The van der Waals surface area contributed by atoms with Gasteiger partial charge < -0.3 is 5.32 Å². The first-order chi connectivity index (χ1) is 12.0. The molecule has 0 saturated carbocycles. The molecule has 0 spiro atoms. The van der Waals surface area contributed by atoms with E-state index in [2.05, 4.69) is 10.2 Å². The molecule has 1 amide bonds. The van der Waals surface area contributed by atoms with E-state index in [-0.39, 0.29) is 23.6 Å². The van der Waals surface area contributed by atoms with Crippen molar-refractivity contribution >= 4 is 5.91 Å². The zero-order valence-electron chi connectivity index (χ0n) is 14.3. The van der Waals surface area contributed by atoms with Gasteiger partial charge in [0.15, 0.2) is 0 Å². The van der Waals surface area contributed by atoms with E-state index in [0.29, 0.717) is 25.8 Å². The van der Waals surface area contributed by atoms with Crippen LogP contribution >= 0.6 is 0 Å². The van der Waals surface area contributed by atoms with Crippen LogP contribution in [-0.4, -0.2) is 30.4 Å². The van der Waals surface area contributed by atoms with Crippen molar-refractivity contribution in [3.63, 3.8) is 0 Å². The van der Waals surface area contributed by atoms with Gasteiger partial charge in [0.1, 0.15) is 11.6 Å². The SMILES string of the molecule is CN1Cc2ccc(F)cc2C[C@@H]1CNC(=O)CCc1cccc(F)c1. The van der Waals surface area contributed by atoms with Crippen molar-refractivity contribution < 1.29 is 13.6 Å². The summed E-state index contributed by atoms with van der Waals surface area (Å²) in [6.45, 7) is 1.27. The van der Waals surface area contributed by atoms with Crippen LogP contribution in [0.3, 0.4) is 0 Å². The molecule has 0 aliphatic carbocycles. The number of hydrogen-bond donors (Lipinski definition) is 1. The van der Waals surface area contributed by atoms with E-state index in [1.807, 2.05) is 19.2 Å². The van der Waals surface area contributed by atoms with Crippen LogP contribution in [0.15, 0.2) is 42.5 Å². The maximum absolute atomic E-state index is 13.4. The number of halogens is 2. The molecule has 0 bridgehead atoms. The molecule has 1 heterocycles. The smallest absolute Gasteiger partial charge is 0.220 e. The maximum Gasteiger partial charge on any atom is 0.220 e. The Kier molecular flexibility index (Phi) is 5.43. The van der Waals surface area contributed by atoms with Gasteiger partial charge in [-0.15, -0.1) is 0 Å². The molecule has 1 aliphatic heterocycles. The largest absolute Gasteiger partial charge is 0.355 e. The highest BCUT2D eigenvalue weighted by Gasteiger charge is 2.23. The Morgan fingerprint density at radius 2 is 1.96 bits per heavy atom. The summed E-state index contributed by atoms with van der Waals surface area (Å²) in [4.78, 5) is 14.2. The number of hydrogen-bond acceptors (Lipinski definition) is 2. The summed E-state index contributed by atoms with van der Waals surface area (Å²) in [5.41, 5.74) is 2.96. The predicted molar refractivity (Wildman–Crippen MR) is 93.1 cm³/mol. The Hall–Kier alpha value is -2.27. The topological polar surface area (TPSA) is 32.3 Å². The number of benzene rings is 2. The molecule has 0 radical (unpaired) electrons. The van der Waals surface area contributed by atoms with Gasteiger partial charge in [-0.05, 0) is 60.8 Å². The molecule has 3 rings (SSSR count). The van der Waals surface area contributed by atoms with E-state index >= 15 is 0 Å². The lowest BCUT2D eigenvalue weighted by Gasteiger charge is -2.34. The zero-order valence-corrected chi connectivity index (χ0v) is 14.3. The first-order valence-corrected chi connectivity index (χ1v) is 8.50. The number of amides is 1. The van der Waals surface area contributed by atoms with E-state index in [1.54, 1.807) is 12.1 Å². The van der Waals surface area contributed by atoms with E-state index in [9.17, 15) is 13.6 Å². The lowest BCUT2D eigenvalue weighted by molar-refractivity contribution is -0.121. The highest BCUT2D eigenvalue weighted by atomic mass is 19.1. The van der Waals surface area contributed by atoms with Crippen molar-refractivity contribution in [3.8, 4) is 0 Å². The molecule has 2 aromatic carbocycles. The van der Waals surface area contributed by atoms with Crippen LogP contribution in [0, 0.1) is 11.6 Å². The summed E-state index contributed by atoms with van der Waals surface area (Å²) in [5, 5.41) is 2.94. The molecule has 1 N–H and O–H groups in total. The minimum atomic E-state index is -0.285. The summed E-state index contributed by atoms with van der Waals surface area (Å²) in [5.74, 6) is -0.559. The lowest BCUT2D eigenvalue weighted by Crippen LogP contribution is -2.45. The van der Waals surface area contributed by atoms with E-state index in [1.165, 1.54) is 18.2 Å². The Morgan fingerprint density at radius 3 is 2.76 bits per heavy atom. The molecule has 1 aliphatic rings. The van der Waals surface area contributed by atoms with Crippen LogP contribution < -0.4 is 5.32 Å². The van der Waals surface area contributed by atoms with Crippen LogP contribution in [0.1, 0.15) is 23.1 Å². The van der Waals surface area contributed by atoms with Crippen LogP contribution in [0.25, 0.3) is 0 Å². The van der Waals surface area contributed by atoms with Gasteiger partial charge in [-0.3, -0.25) is 9.69 Å². The fourth-order valence-electron chi connectivity index (χ4n) is 3.24. The van der Waals surface area contributed by atoms with Crippen molar-refractivity contribution in [3.05, 3.63) is 70.8 Å². The van der Waals surface area contributed by atoms with Crippen molar-refractivity contribution in [1.29, 1.82) is 0 Å². The predicted octanol–water partition coefficient (Wildman–Crippen LogP) is 3.07. The summed E-state index contributed by atoms with van der Waals surface area (Å²) in [6, 6.07) is 11.4. The maximum atomic E-state index is 13.4. The molecule has 132 valence electrons. The second-order valence-electron chi connectivity index (χ2n) is 6.62. The van der Waals surface area contributed by atoms with Gasteiger partial charge >= 0.3 is 0 Å². The van der Waals surface area contributed by atoms with Crippen LogP contribution in [0.4, 0.5) is 8.78 Å². The van der Waals surface area contributed by atoms with Crippen LogP contribution in [0.2, 0.25) is 0 Å². The van der Waals surface area contributed by atoms with Gasteiger partial charge in [-0.2, -0.15) is 0 Å². The number of fused-ring (bicyclic) bond motifs is 1. The molecular formula is C20H22F2N2O. The molecule has 3 nitrogen and oxygen atoms in total. The van der Waals surface area contributed by atoms with Gasteiger partial charge in [-0.1, -0.05) is 18.2 Å². The van der Waals surface area contributed by atoms with Crippen molar-refractivity contribution in [2.45, 2.75) is 31.8 Å². The van der Waals surface area contributed by atoms with Crippen LogP contribution in [0.5, 0.6) is 0 Å². The number of nitrogens with zero attached hydrogens (tertiary/aromatic N) is 1. The first kappa shape index (κ1) is 17.5. The number of rotatable bonds is 5. The normalized spacial score (nSPS) is 17.2. The van der Waals surface area contributed by atoms with E-state index < -0.39 is 0 Å². The average Bonchev–Trinajstić information content (AvgIpc) is 2.58. The monoisotopic (exact) mass is 344 g/mol. The highest BCUT2D eigenvalue weighted by molar-refractivity contribution is 5.76. The summed E-state index contributed by atoms with van der Waals surface area (Å²) in [6.07, 6.45) is 1.55.